The Morgan fingerprint density at radius 2 is 1.92 bits per heavy atom. The molecule has 4 rings (SSSR count). The maximum absolute atomic E-state index is 12.6. The summed E-state index contributed by atoms with van der Waals surface area (Å²) in [5.41, 5.74) is 3.00. The largest absolute Gasteiger partial charge is 0.497 e. The molecule has 0 aliphatic carbocycles. The fourth-order valence-corrected chi connectivity index (χ4v) is 2.87. The molecule has 0 aliphatic heterocycles. The number of fused-ring (bicyclic) bond motifs is 3. The van der Waals surface area contributed by atoms with Gasteiger partial charge in [-0.2, -0.15) is 0 Å². The first-order valence-electron chi connectivity index (χ1n) is 7.90. The fraction of sp³-hybridized carbons (Fsp3) is 0.100. The average Bonchev–Trinajstić information content (AvgIpc) is 3.08. The summed E-state index contributed by atoms with van der Waals surface area (Å²) in [5.74, 6) is 0.612. The third-order valence-electron chi connectivity index (χ3n) is 4.11. The second kappa shape index (κ2) is 5.94. The summed E-state index contributed by atoms with van der Waals surface area (Å²) in [6.07, 6.45) is 0. The topological polar surface area (TPSA) is 64.4 Å². The maximum atomic E-state index is 12.6. The molecule has 0 atom stereocenters. The van der Waals surface area contributed by atoms with Gasteiger partial charge in [0.25, 0.3) is 5.91 Å². The molecule has 0 aliphatic rings. The maximum Gasteiger partial charge on any atom is 0.291 e. The SMILES string of the molecule is COc1cccc(NC(=O)c2cc3c(C)nc4ccccc4c3o2)c1. The summed E-state index contributed by atoms with van der Waals surface area (Å²) in [4.78, 5) is 17.1. The molecular formula is C20H16N2O3. The Morgan fingerprint density at radius 1 is 1.08 bits per heavy atom. The molecule has 0 bridgehead atoms. The average molecular weight is 332 g/mol. The lowest BCUT2D eigenvalue weighted by Gasteiger charge is -2.05. The zero-order valence-corrected chi connectivity index (χ0v) is 13.9. The fourth-order valence-electron chi connectivity index (χ4n) is 2.87. The van der Waals surface area contributed by atoms with Crippen molar-refractivity contribution in [3.05, 3.63) is 66.1 Å². The molecule has 1 N–H and O–H groups in total. The number of rotatable bonds is 3. The van der Waals surface area contributed by atoms with Gasteiger partial charge in [0.15, 0.2) is 5.76 Å². The van der Waals surface area contributed by atoms with Gasteiger partial charge in [-0.3, -0.25) is 9.78 Å². The van der Waals surface area contributed by atoms with Crippen LogP contribution in [0.3, 0.4) is 0 Å². The van der Waals surface area contributed by atoms with E-state index in [2.05, 4.69) is 10.3 Å². The number of furan rings is 1. The van der Waals surface area contributed by atoms with Crippen molar-refractivity contribution in [2.45, 2.75) is 6.92 Å². The predicted molar refractivity (Wildman–Crippen MR) is 97.2 cm³/mol. The first-order valence-corrected chi connectivity index (χ1v) is 7.90. The Bertz CT molecular complexity index is 1100. The van der Waals surface area contributed by atoms with E-state index >= 15 is 0 Å². The van der Waals surface area contributed by atoms with Gasteiger partial charge in [-0.05, 0) is 37.3 Å². The number of anilines is 1. The number of methoxy groups -OCH3 is 1. The van der Waals surface area contributed by atoms with Crippen LogP contribution in [0.5, 0.6) is 5.75 Å². The lowest BCUT2D eigenvalue weighted by atomic mass is 10.1. The molecule has 5 heteroatoms. The molecule has 2 heterocycles. The molecule has 25 heavy (non-hydrogen) atoms. The molecule has 4 aromatic rings. The van der Waals surface area contributed by atoms with Gasteiger partial charge in [0.05, 0.1) is 12.6 Å². The number of carbonyl (C=O) groups is 1. The van der Waals surface area contributed by atoms with Crippen molar-refractivity contribution in [1.29, 1.82) is 0 Å². The van der Waals surface area contributed by atoms with E-state index in [1.807, 2.05) is 43.3 Å². The van der Waals surface area contributed by atoms with E-state index in [0.29, 0.717) is 17.0 Å². The highest BCUT2D eigenvalue weighted by molar-refractivity contribution is 6.09. The van der Waals surface area contributed by atoms with Gasteiger partial charge in [0.1, 0.15) is 11.3 Å². The number of carbonyl (C=O) groups excluding carboxylic acids is 1. The smallest absolute Gasteiger partial charge is 0.291 e. The highest BCUT2D eigenvalue weighted by atomic mass is 16.5. The Balaban J connectivity index is 1.75. The summed E-state index contributed by atoms with van der Waals surface area (Å²) < 4.78 is 11.0. The van der Waals surface area contributed by atoms with Gasteiger partial charge in [-0.25, -0.2) is 0 Å². The van der Waals surface area contributed by atoms with Crippen LogP contribution in [0.4, 0.5) is 5.69 Å². The van der Waals surface area contributed by atoms with Crippen LogP contribution in [0, 0.1) is 6.92 Å². The van der Waals surface area contributed by atoms with E-state index in [4.69, 9.17) is 9.15 Å². The predicted octanol–water partition coefficient (Wildman–Crippen LogP) is 4.55. The van der Waals surface area contributed by atoms with Crippen LogP contribution in [0.15, 0.2) is 59.0 Å². The van der Waals surface area contributed by atoms with E-state index in [1.54, 1.807) is 25.3 Å². The minimum absolute atomic E-state index is 0.249. The number of aromatic nitrogens is 1. The van der Waals surface area contributed by atoms with Gasteiger partial charge >= 0.3 is 0 Å². The van der Waals surface area contributed by atoms with Crippen LogP contribution in [0.1, 0.15) is 16.2 Å². The van der Waals surface area contributed by atoms with Gasteiger partial charge in [-0.1, -0.05) is 18.2 Å². The first-order chi connectivity index (χ1) is 12.2. The molecule has 2 aromatic heterocycles. The number of aryl methyl sites for hydroxylation is 1. The van der Waals surface area contributed by atoms with Crippen LogP contribution < -0.4 is 10.1 Å². The third kappa shape index (κ3) is 2.70. The van der Waals surface area contributed by atoms with Gasteiger partial charge in [0.2, 0.25) is 0 Å². The highest BCUT2D eigenvalue weighted by Crippen LogP contribution is 2.29. The van der Waals surface area contributed by atoms with Gasteiger partial charge < -0.3 is 14.5 Å². The van der Waals surface area contributed by atoms with Crippen molar-refractivity contribution < 1.29 is 13.9 Å². The molecule has 2 aromatic carbocycles. The normalized spacial score (nSPS) is 11.0. The first kappa shape index (κ1) is 15.2. The summed E-state index contributed by atoms with van der Waals surface area (Å²) in [6, 6.07) is 16.6. The quantitative estimate of drug-likeness (QED) is 0.598. The third-order valence-corrected chi connectivity index (χ3v) is 4.11. The number of hydrogen-bond acceptors (Lipinski definition) is 4. The van der Waals surface area contributed by atoms with Crippen LogP contribution in [-0.4, -0.2) is 18.0 Å². The Morgan fingerprint density at radius 3 is 2.76 bits per heavy atom. The summed E-state index contributed by atoms with van der Waals surface area (Å²) in [6.45, 7) is 1.91. The highest BCUT2D eigenvalue weighted by Gasteiger charge is 2.16. The van der Waals surface area contributed by atoms with Crippen LogP contribution in [-0.2, 0) is 0 Å². The van der Waals surface area contributed by atoms with E-state index in [1.165, 1.54) is 0 Å². The number of ether oxygens (including phenoxy) is 1. The van der Waals surface area contributed by atoms with E-state index in [0.717, 1.165) is 22.0 Å². The van der Waals surface area contributed by atoms with E-state index in [9.17, 15) is 4.79 Å². The number of nitrogens with zero attached hydrogens (tertiary/aromatic N) is 1. The van der Waals surface area contributed by atoms with Crippen LogP contribution in [0.25, 0.3) is 21.9 Å². The van der Waals surface area contributed by atoms with Crippen molar-refractivity contribution in [3.8, 4) is 5.75 Å². The number of pyridine rings is 1. The van der Waals surface area contributed by atoms with Crippen LogP contribution >= 0.6 is 0 Å². The standard InChI is InChI=1S/C20H16N2O3/c1-12-16-11-18(20(23)22-13-6-5-7-14(10-13)24-2)25-19(16)15-8-3-4-9-17(15)21-12/h3-11H,1-2H3,(H,22,23). The van der Waals surface area contributed by atoms with Gasteiger partial charge in [-0.15, -0.1) is 0 Å². The Kier molecular flexibility index (Phi) is 3.61. The number of amides is 1. The van der Waals surface area contributed by atoms with E-state index < -0.39 is 0 Å². The van der Waals surface area contributed by atoms with Crippen molar-refractivity contribution in [3.63, 3.8) is 0 Å². The number of benzene rings is 2. The van der Waals surface area contributed by atoms with Crippen molar-refractivity contribution >= 4 is 33.5 Å². The zero-order chi connectivity index (χ0) is 17.4. The summed E-state index contributed by atoms with van der Waals surface area (Å²) in [5, 5.41) is 4.56. The number of para-hydroxylation sites is 1. The molecule has 0 fully saturated rings. The molecule has 5 nitrogen and oxygen atoms in total. The van der Waals surface area contributed by atoms with Crippen molar-refractivity contribution in [2.24, 2.45) is 0 Å². The zero-order valence-electron chi connectivity index (χ0n) is 13.9. The summed E-state index contributed by atoms with van der Waals surface area (Å²) >= 11 is 0. The molecule has 0 saturated heterocycles. The van der Waals surface area contributed by atoms with Gasteiger partial charge in [0, 0.05) is 28.2 Å². The van der Waals surface area contributed by atoms with E-state index in [-0.39, 0.29) is 11.7 Å². The minimum Gasteiger partial charge on any atom is -0.497 e. The monoisotopic (exact) mass is 332 g/mol. The second-order valence-electron chi connectivity index (χ2n) is 5.75. The lowest BCUT2D eigenvalue weighted by molar-refractivity contribution is 0.0999. The van der Waals surface area contributed by atoms with Crippen molar-refractivity contribution in [1.82, 2.24) is 4.98 Å². The van der Waals surface area contributed by atoms with Crippen molar-refractivity contribution in [2.75, 3.05) is 12.4 Å². The molecule has 0 radical (unpaired) electrons. The minimum atomic E-state index is -0.312. The molecule has 1 amide bonds. The summed E-state index contributed by atoms with van der Waals surface area (Å²) in [7, 11) is 1.58. The molecule has 0 saturated carbocycles. The number of nitrogens with one attached hydrogen (secondary N) is 1. The Labute approximate surface area is 144 Å². The van der Waals surface area contributed by atoms with Crippen LogP contribution in [0.2, 0.25) is 0 Å². The molecular weight excluding hydrogens is 316 g/mol. The Hall–Kier alpha value is -3.34. The molecule has 0 unspecified atom stereocenters. The molecule has 124 valence electrons. The number of hydrogen-bond donors (Lipinski definition) is 1. The molecule has 0 spiro atoms. The second-order valence-corrected chi connectivity index (χ2v) is 5.75. The lowest BCUT2D eigenvalue weighted by Crippen LogP contribution is -2.10.